The van der Waals surface area contributed by atoms with Gasteiger partial charge < -0.3 is 10.2 Å². The van der Waals surface area contributed by atoms with Gasteiger partial charge in [-0.1, -0.05) is 33.1 Å². The average molecular weight is 294 g/mol. The van der Waals surface area contributed by atoms with Crippen LogP contribution in [0.25, 0.3) is 0 Å². The highest BCUT2D eigenvalue weighted by atomic mass is 19.4. The molecule has 0 bridgehead atoms. The first-order valence-corrected chi connectivity index (χ1v) is 7.97. The maximum Gasteiger partial charge on any atom is 0.401 e. The fourth-order valence-electron chi connectivity index (χ4n) is 2.98. The molecule has 2 unspecified atom stereocenters. The number of likely N-dealkylation sites (tertiary alicyclic amines) is 1. The predicted octanol–water partition coefficient (Wildman–Crippen LogP) is 3.82. The molecule has 0 saturated carbocycles. The fraction of sp³-hybridized carbons (Fsp3) is 1.00. The molecule has 0 aromatic carbocycles. The second-order valence-corrected chi connectivity index (χ2v) is 6.05. The zero-order valence-electron chi connectivity index (χ0n) is 12.8. The molecule has 120 valence electrons. The van der Waals surface area contributed by atoms with E-state index < -0.39 is 12.7 Å². The fourth-order valence-corrected chi connectivity index (χ4v) is 2.98. The van der Waals surface area contributed by atoms with Gasteiger partial charge in [0.15, 0.2) is 0 Å². The van der Waals surface area contributed by atoms with E-state index in [1.807, 2.05) is 0 Å². The summed E-state index contributed by atoms with van der Waals surface area (Å²) in [4.78, 5) is 2.35. The second kappa shape index (κ2) is 8.88. The lowest BCUT2D eigenvalue weighted by Crippen LogP contribution is -2.51. The average Bonchev–Trinajstić information content (AvgIpc) is 2.40. The summed E-state index contributed by atoms with van der Waals surface area (Å²) in [6, 6.07) is -0.0101. The molecule has 1 heterocycles. The molecule has 1 saturated heterocycles. The van der Waals surface area contributed by atoms with Crippen molar-refractivity contribution in [3.63, 3.8) is 0 Å². The van der Waals surface area contributed by atoms with Crippen LogP contribution in [0.3, 0.4) is 0 Å². The molecule has 1 fully saturated rings. The van der Waals surface area contributed by atoms with Crippen LogP contribution in [0.2, 0.25) is 0 Å². The number of hydrogen-bond acceptors (Lipinski definition) is 2. The van der Waals surface area contributed by atoms with E-state index in [-0.39, 0.29) is 6.04 Å². The monoisotopic (exact) mass is 294 g/mol. The predicted molar refractivity (Wildman–Crippen MR) is 76.8 cm³/mol. The first-order chi connectivity index (χ1) is 9.44. The molecule has 0 aromatic rings. The van der Waals surface area contributed by atoms with Crippen LogP contribution in [0.4, 0.5) is 13.2 Å². The summed E-state index contributed by atoms with van der Waals surface area (Å²) in [5.74, 6) is 0.547. The van der Waals surface area contributed by atoms with Gasteiger partial charge in [0.05, 0.1) is 6.54 Å². The third kappa shape index (κ3) is 7.48. The molecule has 20 heavy (non-hydrogen) atoms. The van der Waals surface area contributed by atoms with Crippen LogP contribution in [0.15, 0.2) is 0 Å². The van der Waals surface area contributed by atoms with E-state index in [2.05, 4.69) is 24.1 Å². The minimum atomic E-state index is -4.11. The van der Waals surface area contributed by atoms with Crippen molar-refractivity contribution in [1.29, 1.82) is 0 Å². The summed E-state index contributed by atoms with van der Waals surface area (Å²) in [6.07, 6.45) is 2.53. The Morgan fingerprint density at radius 2 is 1.80 bits per heavy atom. The number of halogens is 3. The lowest BCUT2D eigenvalue weighted by atomic mass is 9.89. The molecule has 0 radical (unpaired) electrons. The third-order valence-corrected chi connectivity index (χ3v) is 4.00. The summed E-state index contributed by atoms with van der Waals surface area (Å²) in [6.45, 7) is 6.29. The quantitative estimate of drug-likeness (QED) is 0.732. The molecule has 0 amide bonds. The van der Waals surface area contributed by atoms with E-state index >= 15 is 0 Å². The smallest absolute Gasteiger partial charge is 0.305 e. The van der Waals surface area contributed by atoms with Crippen LogP contribution in [-0.4, -0.2) is 43.3 Å². The molecule has 0 spiro atoms. The highest BCUT2D eigenvalue weighted by molar-refractivity contribution is 4.84. The number of unbranched alkanes of at least 4 members (excludes halogenated alkanes) is 2. The number of piperidine rings is 1. The number of hydrogen-bond donors (Lipinski definition) is 1. The molecule has 1 aliphatic heterocycles. The number of rotatable bonds is 8. The molecule has 1 rings (SSSR count). The van der Waals surface area contributed by atoms with Gasteiger partial charge >= 0.3 is 6.18 Å². The van der Waals surface area contributed by atoms with Crippen molar-refractivity contribution >= 4 is 0 Å². The van der Waals surface area contributed by atoms with Crippen molar-refractivity contribution in [3.05, 3.63) is 0 Å². The third-order valence-electron chi connectivity index (χ3n) is 4.00. The van der Waals surface area contributed by atoms with Crippen LogP contribution < -0.4 is 5.32 Å². The van der Waals surface area contributed by atoms with E-state index in [1.165, 1.54) is 6.42 Å². The molecular formula is C15H29F3N2. The van der Waals surface area contributed by atoms with E-state index in [0.29, 0.717) is 5.92 Å². The topological polar surface area (TPSA) is 15.3 Å². The maximum absolute atomic E-state index is 12.3. The number of alkyl halides is 3. The lowest BCUT2D eigenvalue weighted by Gasteiger charge is -2.38. The van der Waals surface area contributed by atoms with E-state index in [0.717, 1.165) is 51.7 Å². The van der Waals surface area contributed by atoms with Crippen LogP contribution >= 0.6 is 0 Å². The highest BCUT2D eigenvalue weighted by Crippen LogP contribution is 2.23. The van der Waals surface area contributed by atoms with Gasteiger partial charge in [-0.3, -0.25) is 0 Å². The molecule has 1 aliphatic rings. The largest absolute Gasteiger partial charge is 0.401 e. The van der Waals surface area contributed by atoms with Gasteiger partial charge in [0.25, 0.3) is 0 Å². The van der Waals surface area contributed by atoms with Crippen LogP contribution in [0, 0.1) is 5.92 Å². The van der Waals surface area contributed by atoms with Gasteiger partial charge in [-0.05, 0) is 31.7 Å². The molecule has 5 heteroatoms. The summed E-state index contributed by atoms with van der Waals surface area (Å²) in [5.41, 5.74) is 0. The molecule has 0 aromatic heterocycles. The van der Waals surface area contributed by atoms with Gasteiger partial charge in [-0.15, -0.1) is 0 Å². The van der Waals surface area contributed by atoms with Gasteiger partial charge in [-0.2, -0.15) is 13.2 Å². The van der Waals surface area contributed by atoms with Gasteiger partial charge in [0, 0.05) is 19.1 Å². The van der Waals surface area contributed by atoms with Gasteiger partial charge in [0.1, 0.15) is 0 Å². The molecule has 2 atom stereocenters. The van der Waals surface area contributed by atoms with Crippen molar-refractivity contribution in [2.24, 2.45) is 5.92 Å². The summed E-state index contributed by atoms with van der Waals surface area (Å²) >= 11 is 0. The Bertz CT molecular complexity index is 240. The van der Waals surface area contributed by atoms with Crippen LogP contribution in [0.1, 0.15) is 52.4 Å². The van der Waals surface area contributed by atoms with Crippen LogP contribution in [0.5, 0.6) is 0 Å². The van der Waals surface area contributed by atoms with Gasteiger partial charge in [0.2, 0.25) is 0 Å². The maximum atomic E-state index is 12.3. The first-order valence-electron chi connectivity index (χ1n) is 7.97. The van der Waals surface area contributed by atoms with Crippen molar-refractivity contribution in [3.8, 4) is 0 Å². The SMILES string of the molecule is CCCCC1CC(NCC(F)(F)F)CN(CCCC)C1. The number of nitrogens with one attached hydrogen (secondary N) is 1. The lowest BCUT2D eigenvalue weighted by molar-refractivity contribution is -0.127. The Balaban J connectivity index is 2.45. The minimum Gasteiger partial charge on any atom is -0.305 e. The van der Waals surface area contributed by atoms with Crippen molar-refractivity contribution < 1.29 is 13.2 Å². The Hall–Kier alpha value is -0.290. The van der Waals surface area contributed by atoms with Gasteiger partial charge in [-0.25, -0.2) is 0 Å². The Labute approximate surface area is 121 Å². The van der Waals surface area contributed by atoms with E-state index in [1.54, 1.807) is 0 Å². The van der Waals surface area contributed by atoms with Crippen LogP contribution in [-0.2, 0) is 0 Å². The zero-order valence-corrected chi connectivity index (χ0v) is 12.8. The zero-order chi connectivity index (χ0) is 15.0. The Morgan fingerprint density at radius 3 is 2.40 bits per heavy atom. The summed E-state index contributed by atoms with van der Waals surface area (Å²) < 4.78 is 37.0. The Kier molecular flexibility index (Phi) is 7.88. The van der Waals surface area contributed by atoms with Crippen molar-refractivity contribution in [2.75, 3.05) is 26.2 Å². The number of nitrogens with zero attached hydrogens (tertiary/aromatic N) is 1. The molecule has 2 nitrogen and oxygen atoms in total. The Morgan fingerprint density at radius 1 is 1.10 bits per heavy atom. The van der Waals surface area contributed by atoms with Crippen molar-refractivity contribution in [1.82, 2.24) is 10.2 Å². The summed E-state index contributed by atoms with van der Waals surface area (Å²) in [7, 11) is 0. The molecular weight excluding hydrogens is 265 g/mol. The van der Waals surface area contributed by atoms with E-state index in [4.69, 9.17) is 0 Å². The second-order valence-electron chi connectivity index (χ2n) is 6.05. The highest BCUT2D eigenvalue weighted by Gasteiger charge is 2.31. The normalized spacial score (nSPS) is 25.1. The first kappa shape index (κ1) is 17.8. The standard InChI is InChI=1S/C15H29F3N2/c1-3-5-7-13-9-14(19-12-15(16,17)18)11-20(10-13)8-6-4-2/h13-14,19H,3-12H2,1-2H3. The summed E-state index contributed by atoms with van der Waals surface area (Å²) in [5, 5.41) is 2.71. The van der Waals surface area contributed by atoms with Crippen molar-refractivity contribution in [2.45, 2.75) is 64.6 Å². The minimum absolute atomic E-state index is 0.0101. The molecule has 0 aliphatic carbocycles. The molecule has 1 N–H and O–H groups in total. The van der Waals surface area contributed by atoms with E-state index in [9.17, 15) is 13.2 Å².